The summed E-state index contributed by atoms with van der Waals surface area (Å²) in [7, 11) is -2.70. The second-order valence-corrected chi connectivity index (χ2v) is 10.4. The third-order valence-electron chi connectivity index (χ3n) is 5.78. The van der Waals surface area contributed by atoms with E-state index in [2.05, 4.69) is 0 Å². The van der Waals surface area contributed by atoms with E-state index in [0.717, 1.165) is 11.1 Å². The summed E-state index contributed by atoms with van der Waals surface area (Å²) in [5.74, 6) is -0.111. The van der Waals surface area contributed by atoms with Crippen LogP contribution in [0.1, 0.15) is 27.6 Å². The Morgan fingerprint density at radius 2 is 1.69 bits per heavy atom. The second-order valence-electron chi connectivity index (χ2n) is 8.40. The molecule has 184 valence electrons. The number of para-hydroxylation sites is 1. The summed E-state index contributed by atoms with van der Waals surface area (Å²) in [6, 6.07) is 17.9. The number of carbonyl (C=O) groups is 1. The van der Waals surface area contributed by atoms with Crippen molar-refractivity contribution in [2.75, 3.05) is 12.0 Å². The fourth-order valence-corrected chi connectivity index (χ4v) is 6.13. The van der Waals surface area contributed by atoms with Gasteiger partial charge < -0.3 is 4.74 Å². The fourth-order valence-electron chi connectivity index (χ4n) is 4.28. The molecule has 8 nitrogen and oxygen atoms in total. The molecule has 1 aliphatic heterocycles. The van der Waals surface area contributed by atoms with Crippen molar-refractivity contribution in [3.05, 3.63) is 116 Å². The summed E-state index contributed by atoms with van der Waals surface area (Å²) in [6.07, 6.45) is 4.39. The molecule has 3 aromatic carbocycles. The molecule has 0 unspecified atom stereocenters. The maximum atomic E-state index is 13.7. The molecule has 1 atom stereocenters. The first-order valence-corrected chi connectivity index (χ1v) is 12.6. The van der Waals surface area contributed by atoms with Gasteiger partial charge in [-0.05, 0) is 54.8 Å². The molecule has 0 saturated carbocycles. The lowest BCUT2D eigenvalue weighted by atomic mass is 10.1. The van der Waals surface area contributed by atoms with Crippen molar-refractivity contribution in [1.82, 2.24) is 0 Å². The predicted molar refractivity (Wildman–Crippen MR) is 138 cm³/mol. The van der Waals surface area contributed by atoms with Crippen molar-refractivity contribution in [3.8, 4) is 5.75 Å². The molecule has 1 amide bonds. The second kappa shape index (κ2) is 9.79. The van der Waals surface area contributed by atoms with Gasteiger partial charge in [-0.1, -0.05) is 48.6 Å². The number of carbonyl (C=O) groups excluding carboxylic acids is 1. The Kier molecular flexibility index (Phi) is 6.76. The minimum Gasteiger partial charge on any atom is -0.496 e. The maximum absolute atomic E-state index is 13.7. The monoisotopic (exact) mass is 504 g/mol. The number of hydrogen-bond donors (Lipinski definition) is 0. The van der Waals surface area contributed by atoms with Crippen molar-refractivity contribution < 1.29 is 22.9 Å². The van der Waals surface area contributed by atoms with E-state index in [4.69, 9.17) is 4.74 Å². The van der Waals surface area contributed by atoms with Gasteiger partial charge in [0.1, 0.15) is 10.7 Å². The van der Waals surface area contributed by atoms with E-state index in [1.807, 2.05) is 32.0 Å². The molecule has 0 N–H and O–H groups in total. The Morgan fingerprint density at radius 3 is 2.36 bits per heavy atom. The topological polar surface area (TPSA) is 107 Å². The number of amides is 1. The van der Waals surface area contributed by atoms with Gasteiger partial charge in [0, 0.05) is 23.4 Å². The number of hydrogen-bond acceptors (Lipinski definition) is 6. The minimum absolute atomic E-state index is 0.133. The molecule has 3 aromatic rings. The summed E-state index contributed by atoms with van der Waals surface area (Å²) in [4.78, 5) is 25.2. The highest BCUT2D eigenvalue weighted by Gasteiger charge is 2.50. The van der Waals surface area contributed by atoms with Gasteiger partial charge in [-0.3, -0.25) is 19.8 Å². The molecular weight excluding hydrogens is 480 g/mol. The van der Waals surface area contributed by atoms with Crippen LogP contribution in [0.25, 0.3) is 6.08 Å². The number of nitro groups is 1. The molecule has 36 heavy (non-hydrogen) atoms. The van der Waals surface area contributed by atoms with Gasteiger partial charge in [-0.2, -0.15) is 0 Å². The molecule has 0 aliphatic carbocycles. The third-order valence-corrected chi connectivity index (χ3v) is 7.77. The van der Waals surface area contributed by atoms with E-state index in [0.29, 0.717) is 17.0 Å². The highest BCUT2D eigenvalue weighted by Crippen LogP contribution is 2.44. The first-order valence-electron chi connectivity index (χ1n) is 11.0. The normalized spacial score (nSPS) is 18.2. The Balaban J connectivity index is 1.87. The Morgan fingerprint density at radius 1 is 1.00 bits per heavy atom. The zero-order chi connectivity index (χ0) is 26.0. The first kappa shape index (κ1) is 24.9. The van der Waals surface area contributed by atoms with Crippen LogP contribution in [0.4, 0.5) is 11.4 Å². The molecule has 4 rings (SSSR count). The summed E-state index contributed by atoms with van der Waals surface area (Å²) >= 11 is 0. The van der Waals surface area contributed by atoms with Crippen LogP contribution in [0.2, 0.25) is 0 Å². The van der Waals surface area contributed by atoms with Crippen LogP contribution in [0.3, 0.4) is 0 Å². The number of sulfone groups is 1. The van der Waals surface area contributed by atoms with Gasteiger partial charge in [0.25, 0.3) is 11.6 Å². The standard InChI is InChI=1S/C27H24N2O6S/c1-18-14-19(2)16-23(15-18)28-26(30)25(13-7-9-20-8-4-5-12-24(20)35-3)36(33,34)27(28)21-10-6-11-22(17-21)29(31)32/h4-17,27H,1-3H3/b9-7-,25-13-/t27-/m0/s1. The van der Waals surface area contributed by atoms with Gasteiger partial charge in [0.15, 0.2) is 5.37 Å². The molecule has 0 radical (unpaired) electrons. The zero-order valence-electron chi connectivity index (χ0n) is 19.9. The van der Waals surface area contributed by atoms with Crippen LogP contribution in [0.5, 0.6) is 5.75 Å². The first-order chi connectivity index (χ1) is 17.1. The van der Waals surface area contributed by atoms with Crippen molar-refractivity contribution in [3.63, 3.8) is 0 Å². The Labute approximate surface area is 209 Å². The SMILES string of the molecule is COc1ccccc1/C=C\C=C1\C(=O)N(c2cc(C)cc(C)c2)[C@H](c2cccc([N+](=O)[O-])c2)S1(=O)=O. The summed E-state index contributed by atoms with van der Waals surface area (Å²) < 4.78 is 32.8. The Hall–Kier alpha value is -4.24. The van der Waals surface area contributed by atoms with Crippen LogP contribution >= 0.6 is 0 Å². The molecule has 1 fully saturated rings. The number of anilines is 1. The molecular formula is C27H24N2O6S. The molecule has 1 aliphatic rings. The van der Waals surface area contributed by atoms with Gasteiger partial charge in [-0.15, -0.1) is 0 Å². The maximum Gasteiger partial charge on any atom is 0.271 e. The minimum atomic E-state index is -4.23. The van der Waals surface area contributed by atoms with Crippen molar-refractivity contribution in [2.45, 2.75) is 19.2 Å². The largest absolute Gasteiger partial charge is 0.496 e. The molecule has 1 saturated heterocycles. The number of nitro benzene ring substituents is 1. The van der Waals surface area contributed by atoms with Crippen LogP contribution in [-0.2, 0) is 14.6 Å². The number of aryl methyl sites for hydroxylation is 2. The highest BCUT2D eigenvalue weighted by molar-refractivity contribution is 7.97. The van der Waals surface area contributed by atoms with Crippen LogP contribution in [0.15, 0.2) is 83.8 Å². The number of ether oxygens (including phenoxy) is 1. The quantitative estimate of drug-likeness (QED) is 0.257. The smallest absolute Gasteiger partial charge is 0.271 e. The molecule has 9 heteroatoms. The highest BCUT2D eigenvalue weighted by atomic mass is 32.2. The summed E-state index contributed by atoms with van der Waals surface area (Å²) in [6.45, 7) is 3.70. The Bertz CT molecular complexity index is 1500. The van der Waals surface area contributed by atoms with Gasteiger partial charge >= 0.3 is 0 Å². The molecule has 0 aromatic heterocycles. The molecule has 0 spiro atoms. The van der Waals surface area contributed by atoms with Crippen molar-refractivity contribution in [1.29, 1.82) is 0 Å². The van der Waals surface area contributed by atoms with Crippen molar-refractivity contribution in [2.24, 2.45) is 0 Å². The van der Waals surface area contributed by atoms with E-state index in [1.54, 1.807) is 30.3 Å². The average Bonchev–Trinajstić information content (AvgIpc) is 3.04. The number of rotatable bonds is 6. The third kappa shape index (κ3) is 4.65. The van der Waals surface area contributed by atoms with Gasteiger partial charge in [-0.25, -0.2) is 8.42 Å². The van der Waals surface area contributed by atoms with E-state index in [9.17, 15) is 23.3 Å². The van der Waals surface area contributed by atoms with Gasteiger partial charge in [0.2, 0.25) is 9.84 Å². The lowest BCUT2D eigenvalue weighted by molar-refractivity contribution is -0.384. The summed E-state index contributed by atoms with van der Waals surface area (Å²) in [5.41, 5.74) is 2.68. The number of methoxy groups -OCH3 is 1. The van der Waals surface area contributed by atoms with Gasteiger partial charge in [0.05, 0.1) is 12.0 Å². The molecule has 1 heterocycles. The number of nitrogens with zero attached hydrogens (tertiary/aromatic N) is 2. The summed E-state index contributed by atoms with van der Waals surface area (Å²) in [5, 5.41) is 9.92. The van der Waals surface area contributed by atoms with E-state index in [-0.39, 0.29) is 11.3 Å². The fraction of sp³-hybridized carbons (Fsp3) is 0.148. The van der Waals surface area contributed by atoms with E-state index >= 15 is 0 Å². The van der Waals surface area contributed by atoms with Crippen LogP contribution < -0.4 is 9.64 Å². The van der Waals surface area contributed by atoms with E-state index in [1.165, 1.54) is 48.4 Å². The van der Waals surface area contributed by atoms with Crippen molar-refractivity contribution >= 4 is 33.2 Å². The van der Waals surface area contributed by atoms with Crippen LogP contribution in [0, 0.1) is 24.0 Å². The number of benzene rings is 3. The van der Waals surface area contributed by atoms with E-state index < -0.39 is 30.9 Å². The predicted octanol–water partition coefficient (Wildman–Crippen LogP) is 5.28. The average molecular weight is 505 g/mol. The molecule has 0 bridgehead atoms. The lowest BCUT2D eigenvalue weighted by Crippen LogP contribution is -2.29. The lowest BCUT2D eigenvalue weighted by Gasteiger charge is -2.24. The number of allylic oxidation sites excluding steroid dienone is 2. The number of non-ortho nitro benzene ring substituents is 1. The van der Waals surface area contributed by atoms with Crippen LogP contribution in [-0.4, -0.2) is 26.4 Å². The zero-order valence-corrected chi connectivity index (χ0v) is 20.7.